The monoisotopic (exact) mass is 529 g/mol. The number of halogens is 1. The first kappa shape index (κ1) is 24.6. The van der Waals surface area contributed by atoms with Gasteiger partial charge in [0.15, 0.2) is 0 Å². The van der Waals surface area contributed by atoms with Crippen molar-refractivity contribution >= 4 is 17.9 Å². The summed E-state index contributed by atoms with van der Waals surface area (Å²) in [5.41, 5.74) is 1.45. The average Bonchev–Trinajstić information content (AvgIpc) is 3.39. The topological polar surface area (TPSA) is 71.3 Å². The van der Waals surface area contributed by atoms with Gasteiger partial charge in [0.1, 0.15) is 11.9 Å². The van der Waals surface area contributed by atoms with Gasteiger partial charge in [-0.05, 0) is 95.1 Å². The van der Waals surface area contributed by atoms with Gasteiger partial charge in [-0.25, -0.2) is 14.0 Å². The van der Waals surface area contributed by atoms with Crippen LogP contribution >= 0.6 is 0 Å². The maximum absolute atomic E-state index is 14.4. The van der Waals surface area contributed by atoms with Gasteiger partial charge in [0.2, 0.25) is 0 Å². The van der Waals surface area contributed by atoms with Crippen LogP contribution in [-0.4, -0.2) is 84.7 Å². The minimum absolute atomic E-state index is 0. The fraction of sp³-hybridized carbons (Fsp3) is 0.724. The van der Waals surface area contributed by atoms with E-state index in [1.165, 1.54) is 12.5 Å². The van der Waals surface area contributed by atoms with Gasteiger partial charge in [0, 0.05) is 25.8 Å². The molecule has 8 nitrogen and oxygen atoms in total. The van der Waals surface area contributed by atoms with Crippen LogP contribution in [0.2, 0.25) is 0 Å². The van der Waals surface area contributed by atoms with Crippen LogP contribution < -0.4 is 4.90 Å². The molecule has 1 aromatic rings. The Balaban J connectivity index is 0.00000277. The summed E-state index contributed by atoms with van der Waals surface area (Å²) in [6, 6.07) is 5.59. The summed E-state index contributed by atoms with van der Waals surface area (Å²) in [5, 5.41) is 0. The smallest absolute Gasteiger partial charge is 0.414 e. The fourth-order valence-corrected chi connectivity index (χ4v) is 8.57. The van der Waals surface area contributed by atoms with Gasteiger partial charge in [0.25, 0.3) is 0 Å². The SMILES string of the molecule is CC(C)OC(=O)N1C2CCC3CC(N4CCC5(CC4)CN(C(=O)O[C@@H]4CCOC4)c4ccc(F)cc45)CC321.[HH]. The average molecular weight is 530 g/mol. The zero-order chi connectivity index (χ0) is 26.2. The predicted octanol–water partition coefficient (Wildman–Crippen LogP) is 4.69. The second-order valence-electron chi connectivity index (χ2n) is 12.6. The Kier molecular flexibility index (Phi) is 5.71. The van der Waals surface area contributed by atoms with E-state index < -0.39 is 0 Å². The van der Waals surface area contributed by atoms with E-state index in [9.17, 15) is 14.0 Å². The molecule has 0 radical (unpaired) electrons. The molecule has 7 rings (SSSR count). The Hall–Kier alpha value is -2.39. The lowest BCUT2D eigenvalue weighted by Gasteiger charge is -2.42. The number of fused-ring (bicyclic) bond motifs is 2. The summed E-state index contributed by atoms with van der Waals surface area (Å²) in [5.74, 6) is 0.292. The minimum atomic E-state index is -0.358. The number of piperidine rings is 2. The van der Waals surface area contributed by atoms with Crippen molar-refractivity contribution in [3.8, 4) is 0 Å². The fourth-order valence-electron chi connectivity index (χ4n) is 8.57. The van der Waals surface area contributed by atoms with Crippen LogP contribution in [0.1, 0.15) is 65.8 Å². The van der Waals surface area contributed by atoms with E-state index >= 15 is 0 Å². The Morgan fingerprint density at radius 3 is 2.71 bits per heavy atom. The maximum Gasteiger partial charge on any atom is 0.414 e. The van der Waals surface area contributed by atoms with Crippen LogP contribution in [0.25, 0.3) is 0 Å². The third-order valence-corrected chi connectivity index (χ3v) is 10.3. The largest absolute Gasteiger partial charge is 0.447 e. The third-order valence-electron chi connectivity index (χ3n) is 10.3. The molecule has 4 unspecified atom stereocenters. The number of likely N-dealkylation sites (tertiary alicyclic amines) is 2. The van der Waals surface area contributed by atoms with Crippen molar-refractivity contribution in [1.82, 2.24) is 9.80 Å². The highest BCUT2D eigenvalue weighted by Crippen LogP contribution is 2.65. The van der Waals surface area contributed by atoms with Gasteiger partial charge < -0.3 is 19.1 Å². The van der Waals surface area contributed by atoms with Crippen LogP contribution in [0, 0.1) is 11.7 Å². The van der Waals surface area contributed by atoms with Crippen LogP contribution in [-0.2, 0) is 19.6 Å². The van der Waals surface area contributed by atoms with Gasteiger partial charge in [0.05, 0.1) is 36.6 Å². The molecular weight excluding hydrogens is 489 g/mol. The lowest BCUT2D eigenvalue weighted by molar-refractivity contribution is 0.0848. The van der Waals surface area contributed by atoms with Crippen LogP contribution in [0.3, 0.4) is 0 Å². The van der Waals surface area contributed by atoms with E-state index in [2.05, 4.69) is 4.90 Å². The molecule has 38 heavy (non-hydrogen) atoms. The molecule has 5 fully saturated rings. The van der Waals surface area contributed by atoms with Gasteiger partial charge >= 0.3 is 12.2 Å². The van der Waals surface area contributed by atoms with Gasteiger partial charge in [-0.2, -0.15) is 0 Å². The summed E-state index contributed by atoms with van der Waals surface area (Å²) in [6.45, 7) is 7.20. The molecule has 4 heterocycles. The second kappa shape index (κ2) is 8.81. The van der Waals surface area contributed by atoms with Crippen molar-refractivity contribution < 1.29 is 29.6 Å². The number of hydrogen-bond donors (Lipinski definition) is 0. The lowest BCUT2D eigenvalue weighted by Crippen LogP contribution is -2.49. The molecule has 0 bridgehead atoms. The first-order chi connectivity index (χ1) is 18.3. The molecule has 2 aliphatic carbocycles. The summed E-state index contributed by atoms with van der Waals surface area (Å²) in [4.78, 5) is 32.3. The van der Waals surface area contributed by atoms with Gasteiger partial charge in [-0.1, -0.05) is 0 Å². The first-order valence-corrected chi connectivity index (χ1v) is 14.4. The van der Waals surface area contributed by atoms with Crippen LogP contribution in [0.5, 0.6) is 0 Å². The molecular formula is C29H40FN3O5. The van der Waals surface area contributed by atoms with Crippen molar-refractivity contribution in [2.45, 2.75) is 94.0 Å². The highest BCUT2D eigenvalue weighted by atomic mass is 19.1. The molecule has 3 saturated heterocycles. The predicted molar refractivity (Wildman–Crippen MR) is 140 cm³/mol. The molecule has 6 aliphatic rings. The molecule has 0 aromatic heterocycles. The molecule has 2 spiro atoms. The van der Waals surface area contributed by atoms with Crippen molar-refractivity contribution in [3.63, 3.8) is 0 Å². The van der Waals surface area contributed by atoms with Crippen LogP contribution in [0.4, 0.5) is 19.7 Å². The molecule has 1 aromatic carbocycles. The van der Waals surface area contributed by atoms with E-state index in [1.54, 1.807) is 17.0 Å². The molecule has 4 aliphatic heterocycles. The number of nitrogens with zero attached hydrogens (tertiary/aromatic N) is 3. The molecule has 2 saturated carbocycles. The van der Waals surface area contributed by atoms with Crippen molar-refractivity contribution in [2.75, 3.05) is 37.7 Å². The molecule has 208 valence electrons. The lowest BCUT2D eigenvalue weighted by atomic mass is 9.74. The maximum atomic E-state index is 14.4. The highest BCUT2D eigenvalue weighted by Gasteiger charge is 2.75. The molecule has 9 heteroatoms. The minimum Gasteiger partial charge on any atom is -0.447 e. The molecule has 0 N–H and O–H groups in total. The number of amides is 2. The van der Waals surface area contributed by atoms with Crippen molar-refractivity contribution in [2.24, 2.45) is 5.92 Å². The summed E-state index contributed by atoms with van der Waals surface area (Å²) < 4.78 is 31.1. The van der Waals surface area contributed by atoms with E-state index in [-0.39, 0.29) is 42.6 Å². The van der Waals surface area contributed by atoms with Gasteiger partial charge in [-0.15, -0.1) is 0 Å². The number of rotatable bonds is 3. The molecule has 2 amide bonds. The van der Waals surface area contributed by atoms with Crippen molar-refractivity contribution in [1.29, 1.82) is 0 Å². The van der Waals surface area contributed by atoms with E-state index in [1.807, 2.05) is 18.7 Å². The number of benzene rings is 1. The summed E-state index contributed by atoms with van der Waals surface area (Å²) in [6.07, 6.45) is 6.08. The summed E-state index contributed by atoms with van der Waals surface area (Å²) >= 11 is 0. The highest BCUT2D eigenvalue weighted by molar-refractivity contribution is 5.91. The normalized spacial score (nSPS) is 34.9. The van der Waals surface area contributed by atoms with Gasteiger partial charge in [-0.3, -0.25) is 9.80 Å². The Bertz CT molecular complexity index is 1140. The standard InChI is InChI=1S/C29H38FN3O5.H2/c1-18(2)37-27(35)33-25-6-3-19-13-21(15-29(19,25)33)31-10-8-28(9-11-31)17-32(24-5-4-20(30)14-23(24)28)26(34)38-22-7-12-36-16-22;/h4-5,14,18-19,21-22,25H,3,6-13,15-17H2,1-2H3;1H/t19?,21?,22-,25?,29?,33?;/m1./s1. The van der Waals surface area contributed by atoms with E-state index in [0.717, 1.165) is 56.4 Å². The number of ether oxygens (including phenoxy) is 3. The zero-order valence-electron chi connectivity index (χ0n) is 22.4. The quantitative estimate of drug-likeness (QED) is 0.529. The second-order valence-corrected chi connectivity index (χ2v) is 12.6. The number of carbonyl (C=O) groups excluding carboxylic acids is 2. The third kappa shape index (κ3) is 3.68. The van der Waals surface area contributed by atoms with Crippen molar-refractivity contribution in [3.05, 3.63) is 29.6 Å². The van der Waals surface area contributed by atoms with E-state index in [4.69, 9.17) is 14.2 Å². The van der Waals surface area contributed by atoms with E-state index in [0.29, 0.717) is 44.2 Å². The zero-order valence-corrected chi connectivity index (χ0v) is 22.4. The number of carbonyl (C=O) groups is 2. The number of anilines is 1. The Labute approximate surface area is 224 Å². The Morgan fingerprint density at radius 1 is 1.16 bits per heavy atom. The molecule has 5 atom stereocenters. The Morgan fingerprint density at radius 2 is 1.97 bits per heavy atom. The summed E-state index contributed by atoms with van der Waals surface area (Å²) in [7, 11) is 0. The first-order valence-electron chi connectivity index (χ1n) is 14.4. The number of hydrogen-bond acceptors (Lipinski definition) is 6. The van der Waals surface area contributed by atoms with Crippen LogP contribution in [0.15, 0.2) is 18.2 Å².